The molecule has 0 aromatic heterocycles. The second-order valence-corrected chi connectivity index (χ2v) is 8.68. The van der Waals surface area contributed by atoms with Gasteiger partial charge in [0, 0.05) is 43.6 Å². The number of nitrogens with zero attached hydrogens (tertiary/aromatic N) is 1. The van der Waals surface area contributed by atoms with E-state index in [2.05, 4.69) is 16.0 Å². The Kier molecular flexibility index (Phi) is 4.62. The van der Waals surface area contributed by atoms with Gasteiger partial charge in [0.25, 0.3) is 11.8 Å². The Morgan fingerprint density at radius 2 is 2.00 bits per heavy atom. The highest BCUT2D eigenvalue weighted by molar-refractivity contribution is 6.05. The Hall–Kier alpha value is -2.39. The molecule has 3 aliphatic heterocycles. The van der Waals surface area contributed by atoms with Crippen LogP contribution in [0.2, 0.25) is 0 Å². The molecule has 5 rings (SSSR count). The minimum absolute atomic E-state index is 0.00735. The van der Waals surface area contributed by atoms with Crippen molar-refractivity contribution in [2.45, 2.75) is 62.8 Å². The van der Waals surface area contributed by atoms with Gasteiger partial charge in [-0.25, -0.2) is 8.78 Å². The fourth-order valence-corrected chi connectivity index (χ4v) is 5.07. The highest BCUT2D eigenvalue weighted by atomic mass is 19.3. The average Bonchev–Trinajstić information content (AvgIpc) is 3.08. The van der Waals surface area contributed by atoms with E-state index in [0.717, 1.165) is 11.1 Å². The summed E-state index contributed by atoms with van der Waals surface area (Å²) in [5, 5.41) is 8.63. The van der Waals surface area contributed by atoms with Gasteiger partial charge in [-0.1, -0.05) is 18.2 Å². The van der Waals surface area contributed by atoms with Gasteiger partial charge >= 0.3 is 0 Å². The van der Waals surface area contributed by atoms with Crippen molar-refractivity contribution in [2.75, 3.05) is 6.54 Å². The van der Waals surface area contributed by atoms with Crippen LogP contribution in [-0.4, -0.2) is 53.2 Å². The number of amides is 3. The maximum atomic E-state index is 13.5. The first kappa shape index (κ1) is 19.6. The van der Waals surface area contributed by atoms with Crippen molar-refractivity contribution in [3.05, 3.63) is 34.9 Å². The lowest BCUT2D eigenvalue weighted by molar-refractivity contribution is -0.136. The van der Waals surface area contributed by atoms with Crippen LogP contribution in [-0.2, 0) is 22.7 Å². The fraction of sp³-hybridized carbons (Fsp3) is 0.571. The Balaban J connectivity index is 1.22. The van der Waals surface area contributed by atoms with Crippen LogP contribution in [0.25, 0.3) is 0 Å². The van der Waals surface area contributed by atoms with E-state index in [1.807, 2.05) is 18.2 Å². The van der Waals surface area contributed by atoms with Crippen LogP contribution < -0.4 is 16.0 Å². The van der Waals surface area contributed by atoms with Gasteiger partial charge in [-0.15, -0.1) is 0 Å². The smallest absolute Gasteiger partial charge is 0.268 e. The third-order valence-corrected chi connectivity index (χ3v) is 6.79. The first-order chi connectivity index (χ1) is 14.4. The molecule has 3 heterocycles. The summed E-state index contributed by atoms with van der Waals surface area (Å²) in [5.74, 6) is -4.02. The van der Waals surface area contributed by atoms with Gasteiger partial charge in [0.05, 0.1) is 6.04 Å². The molecule has 4 aliphatic rings. The lowest BCUT2D eigenvalue weighted by atomic mass is 10.0. The van der Waals surface area contributed by atoms with E-state index in [-0.39, 0.29) is 24.3 Å². The summed E-state index contributed by atoms with van der Waals surface area (Å²) in [6.45, 7) is 1.34. The van der Waals surface area contributed by atoms with Crippen LogP contribution >= 0.6 is 0 Å². The monoisotopic (exact) mass is 418 g/mol. The van der Waals surface area contributed by atoms with Gasteiger partial charge in [0.15, 0.2) is 0 Å². The molecule has 1 aliphatic carbocycles. The van der Waals surface area contributed by atoms with Crippen LogP contribution in [0.1, 0.15) is 47.2 Å². The molecule has 0 radical (unpaired) electrons. The molecular formula is C21H24F2N4O3. The molecule has 1 saturated carbocycles. The van der Waals surface area contributed by atoms with E-state index in [4.69, 9.17) is 0 Å². The van der Waals surface area contributed by atoms with Gasteiger partial charge < -0.3 is 15.5 Å². The Bertz CT molecular complexity index is 922. The zero-order valence-electron chi connectivity index (χ0n) is 16.4. The second-order valence-electron chi connectivity index (χ2n) is 8.68. The lowest BCUT2D eigenvalue weighted by Gasteiger charge is -2.29. The Morgan fingerprint density at radius 3 is 2.77 bits per heavy atom. The summed E-state index contributed by atoms with van der Waals surface area (Å²) in [5.41, 5.74) is 2.29. The largest absolute Gasteiger partial charge is 0.322 e. The summed E-state index contributed by atoms with van der Waals surface area (Å²) < 4.78 is 27.0. The normalized spacial score (nSPS) is 31.9. The number of rotatable bonds is 5. The van der Waals surface area contributed by atoms with Crippen molar-refractivity contribution >= 4 is 17.7 Å². The predicted octanol–water partition coefficient (Wildman–Crippen LogP) is 0.923. The maximum absolute atomic E-state index is 13.5. The molecule has 3 N–H and O–H groups in total. The highest BCUT2D eigenvalue weighted by Gasteiger charge is 2.69. The van der Waals surface area contributed by atoms with Crippen molar-refractivity contribution in [3.8, 4) is 0 Å². The van der Waals surface area contributed by atoms with Crippen molar-refractivity contribution < 1.29 is 23.2 Å². The van der Waals surface area contributed by atoms with Crippen molar-refractivity contribution in [2.24, 2.45) is 5.92 Å². The lowest BCUT2D eigenvalue weighted by Crippen LogP contribution is -2.52. The first-order valence-corrected chi connectivity index (χ1v) is 10.5. The third kappa shape index (κ3) is 3.20. The van der Waals surface area contributed by atoms with E-state index in [0.29, 0.717) is 44.5 Å². The number of piperidine rings is 2. The molecule has 0 spiro atoms. The number of carbonyl (C=O) groups excluding carboxylic acids is 3. The van der Waals surface area contributed by atoms with Gasteiger partial charge in [0.2, 0.25) is 11.8 Å². The highest BCUT2D eigenvalue weighted by Crippen LogP contribution is 2.53. The van der Waals surface area contributed by atoms with E-state index in [9.17, 15) is 23.2 Å². The van der Waals surface area contributed by atoms with E-state index < -0.39 is 29.8 Å². The molecule has 9 heteroatoms. The van der Waals surface area contributed by atoms with Crippen LogP contribution in [0.5, 0.6) is 0 Å². The van der Waals surface area contributed by atoms with E-state index in [1.54, 1.807) is 0 Å². The molecular weight excluding hydrogens is 394 g/mol. The van der Waals surface area contributed by atoms with Crippen LogP contribution in [0.3, 0.4) is 0 Å². The van der Waals surface area contributed by atoms with Crippen LogP contribution in [0.15, 0.2) is 18.2 Å². The molecule has 0 bridgehead atoms. The SMILES string of the molecule is O=C1CCC(N2Cc3cccc(CNC[C@@H]4CCC5C(N4)C5(F)F)c3C2=O)C(=O)N1. The van der Waals surface area contributed by atoms with Crippen LogP contribution in [0.4, 0.5) is 8.78 Å². The number of benzene rings is 1. The van der Waals surface area contributed by atoms with Crippen molar-refractivity contribution in [1.29, 1.82) is 0 Å². The molecule has 3 fully saturated rings. The molecule has 3 unspecified atom stereocenters. The predicted molar refractivity (Wildman–Crippen MR) is 103 cm³/mol. The maximum Gasteiger partial charge on any atom is 0.268 e. The van der Waals surface area contributed by atoms with Crippen molar-refractivity contribution in [1.82, 2.24) is 20.9 Å². The second kappa shape index (κ2) is 7.09. The van der Waals surface area contributed by atoms with E-state index >= 15 is 0 Å². The van der Waals surface area contributed by atoms with Crippen molar-refractivity contribution in [3.63, 3.8) is 0 Å². The van der Waals surface area contributed by atoms with Gasteiger partial charge in [-0.2, -0.15) is 0 Å². The standard InChI is InChI=1S/C21H24F2N4O3/c22-21(23)14-5-4-13(25-18(14)21)9-24-8-11-2-1-3-12-10-27(20(30)17(11)12)15-6-7-16(28)26-19(15)29/h1-3,13-15,18,24-25H,4-10H2,(H,26,28,29)/t13-,14?,15?,18?/m0/s1. The number of halogens is 2. The molecule has 4 atom stereocenters. The molecule has 160 valence electrons. The summed E-state index contributed by atoms with van der Waals surface area (Å²) in [6, 6.07) is 4.29. The van der Waals surface area contributed by atoms with Gasteiger partial charge in [-0.05, 0) is 30.4 Å². The quantitative estimate of drug-likeness (QED) is 0.619. The number of fused-ring (bicyclic) bond motifs is 2. The Morgan fingerprint density at radius 1 is 1.17 bits per heavy atom. The summed E-state index contributed by atoms with van der Waals surface area (Å²) >= 11 is 0. The van der Waals surface area contributed by atoms with Gasteiger partial charge in [0.1, 0.15) is 6.04 Å². The molecule has 2 saturated heterocycles. The molecule has 1 aromatic rings. The zero-order valence-corrected chi connectivity index (χ0v) is 16.4. The summed E-state index contributed by atoms with van der Waals surface area (Å²) in [6.07, 6.45) is 1.80. The minimum atomic E-state index is -2.57. The third-order valence-electron chi connectivity index (χ3n) is 6.79. The first-order valence-electron chi connectivity index (χ1n) is 10.5. The number of hydrogen-bond acceptors (Lipinski definition) is 5. The van der Waals surface area contributed by atoms with Crippen LogP contribution in [0, 0.1) is 5.92 Å². The number of hydrogen-bond donors (Lipinski definition) is 3. The number of imide groups is 1. The van der Waals surface area contributed by atoms with E-state index in [1.165, 1.54) is 4.90 Å². The number of alkyl halides is 2. The minimum Gasteiger partial charge on any atom is -0.322 e. The summed E-state index contributed by atoms with van der Waals surface area (Å²) in [7, 11) is 0. The zero-order chi connectivity index (χ0) is 21.0. The molecule has 7 nitrogen and oxygen atoms in total. The topological polar surface area (TPSA) is 90.5 Å². The fourth-order valence-electron chi connectivity index (χ4n) is 5.07. The molecule has 3 amide bonds. The number of nitrogens with one attached hydrogen (secondary N) is 3. The number of carbonyl (C=O) groups is 3. The average molecular weight is 418 g/mol. The molecule has 1 aromatic carbocycles. The van der Waals surface area contributed by atoms with Gasteiger partial charge in [-0.3, -0.25) is 19.7 Å². The Labute approximate surface area is 172 Å². The molecule has 30 heavy (non-hydrogen) atoms. The summed E-state index contributed by atoms with van der Waals surface area (Å²) in [4.78, 5) is 38.2.